The van der Waals surface area contributed by atoms with E-state index in [1.807, 2.05) is 0 Å². The fourth-order valence-electron chi connectivity index (χ4n) is 3.76. The molecule has 1 aliphatic rings. The second kappa shape index (κ2) is 8.71. The normalized spacial score (nSPS) is 19.8. The molecule has 32 heavy (non-hydrogen) atoms. The summed E-state index contributed by atoms with van der Waals surface area (Å²) in [5.74, 6) is -4.55. The Kier molecular flexibility index (Phi) is 5.98. The molecule has 0 unspecified atom stereocenters. The van der Waals surface area contributed by atoms with Gasteiger partial charge >= 0.3 is 16.8 Å². The molecule has 3 atom stereocenters. The third-order valence-corrected chi connectivity index (χ3v) is 7.62. The number of aliphatic carboxylic acids is 1. The van der Waals surface area contributed by atoms with E-state index in [0.717, 1.165) is 35.2 Å². The number of rotatable bonds is 5. The Labute approximate surface area is 189 Å². The number of carbonyl (C=O) groups excluding carboxylic acids is 2. The highest BCUT2D eigenvalue weighted by Crippen LogP contribution is 2.50. The summed E-state index contributed by atoms with van der Waals surface area (Å²) in [6, 6.07) is 11.2. The summed E-state index contributed by atoms with van der Waals surface area (Å²) in [6.45, 7) is 0. The van der Waals surface area contributed by atoms with Crippen molar-refractivity contribution in [2.24, 2.45) is 5.92 Å². The van der Waals surface area contributed by atoms with E-state index < -0.39 is 40.6 Å². The minimum absolute atomic E-state index is 0.172. The fourth-order valence-corrected chi connectivity index (χ4v) is 6.18. The van der Waals surface area contributed by atoms with Crippen LogP contribution in [0.5, 0.6) is 0 Å². The van der Waals surface area contributed by atoms with Gasteiger partial charge in [-0.15, -0.1) is 0 Å². The molecule has 0 radical (unpaired) electrons. The van der Waals surface area contributed by atoms with E-state index in [1.165, 1.54) is 31.4 Å². The average Bonchev–Trinajstić information content (AvgIpc) is 3.17. The van der Waals surface area contributed by atoms with Crippen molar-refractivity contribution in [3.63, 3.8) is 0 Å². The first-order valence-corrected chi connectivity index (χ1v) is 11.1. The zero-order chi connectivity index (χ0) is 23.0. The fraction of sp³-hybridized carbons (Fsp3) is 0.182. The van der Waals surface area contributed by atoms with E-state index in [2.05, 4.69) is 4.98 Å². The molecule has 7 nitrogen and oxygen atoms in total. The minimum Gasteiger partial charge on any atom is -0.480 e. The predicted molar refractivity (Wildman–Crippen MR) is 116 cm³/mol. The van der Waals surface area contributed by atoms with Crippen LogP contribution in [0.25, 0.3) is 0 Å². The molecule has 0 aliphatic carbocycles. The quantitative estimate of drug-likeness (QED) is 0.430. The SMILES string of the molecule is COC(=O)c1ccc([C@@H]2c3sc(=O)[nH]c3S[C@H](C(=O)O)[C@@H]2C(=O)c2ccc(F)cc2)cc1. The summed E-state index contributed by atoms with van der Waals surface area (Å²) in [5.41, 5.74) is 1.03. The van der Waals surface area contributed by atoms with E-state index in [0.29, 0.717) is 21.0 Å². The lowest BCUT2D eigenvalue weighted by Crippen LogP contribution is -2.39. The third kappa shape index (κ3) is 3.98. The van der Waals surface area contributed by atoms with Gasteiger partial charge < -0.3 is 14.8 Å². The number of esters is 1. The van der Waals surface area contributed by atoms with Crippen LogP contribution in [0.3, 0.4) is 0 Å². The minimum atomic E-state index is -1.20. The van der Waals surface area contributed by atoms with Gasteiger partial charge in [-0.1, -0.05) is 35.2 Å². The number of thiazole rings is 1. The summed E-state index contributed by atoms with van der Waals surface area (Å²) in [7, 11) is 1.26. The highest BCUT2D eigenvalue weighted by Gasteiger charge is 2.47. The summed E-state index contributed by atoms with van der Waals surface area (Å²) < 4.78 is 18.1. The number of fused-ring (bicyclic) bond motifs is 1. The number of hydrogen-bond acceptors (Lipinski definition) is 7. The molecule has 0 spiro atoms. The van der Waals surface area contributed by atoms with Crippen molar-refractivity contribution >= 4 is 40.8 Å². The maximum Gasteiger partial charge on any atom is 0.337 e. The molecule has 2 N–H and O–H groups in total. The lowest BCUT2D eigenvalue weighted by atomic mass is 9.77. The number of carboxylic acid groups (broad SMARTS) is 1. The Hall–Kier alpha value is -3.24. The number of halogens is 1. The van der Waals surface area contributed by atoms with Crippen LogP contribution < -0.4 is 4.87 Å². The molecular formula is C22H16FNO6S2. The van der Waals surface area contributed by atoms with Gasteiger partial charge in [0.1, 0.15) is 11.1 Å². The first kappa shape index (κ1) is 22.0. The molecule has 0 fully saturated rings. The molecule has 1 aliphatic heterocycles. The maximum atomic E-state index is 13.5. The number of benzene rings is 2. The van der Waals surface area contributed by atoms with Gasteiger partial charge in [-0.3, -0.25) is 14.4 Å². The van der Waals surface area contributed by atoms with Crippen molar-refractivity contribution in [1.82, 2.24) is 4.98 Å². The first-order valence-electron chi connectivity index (χ1n) is 9.40. The summed E-state index contributed by atoms with van der Waals surface area (Å²) >= 11 is 1.83. The standard InChI is InChI=1S/C22H16FNO6S2/c1-30-21(28)12-4-2-10(3-5-12)14-15(16(25)11-6-8-13(23)9-7-11)18(20(26)27)31-19-17(14)32-22(29)24-19/h2-9,14-15,18H,1H3,(H,24,29)(H,26,27)/t14-,15-,18-/m0/s1. The Morgan fingerprint density at radius 2 is 1.66 bits per heavy atom. The number of hydrogen-bond donors (Lipinski definition) is 2. The van der Waals surface area contributed by atoms with Crippen LogP contribution in [0.4, 0.5) is 4.39 Å². The first-order chi connectivity index (χ1) is 15.3. The zero-order valence-corrected chi connectivity index (χ0v) is 18.2. The number of Topliss-reactive ketones (excluding diaryl/α,β-unsaturated/α-hetero) is 1. The van der Waals surface area contributed by atoms with Crippen LogP contribution >= 0.6 is 23.1 Å². The zero-order valence-electron chi connectivity index (χ0n) is 16.5. The van der Waals surface area contributed by atoms with E-state index in [9.17, 15) is 28.7 Å². The molecule has 2 aromatic carbocycles. The number of methoxy groups -OCH3 is 1. The molecular weight excluding hydrogens is 457 g/mol. The number of carboxylic acids is 1. The summed E-state index contributed by atoms with van der Waals surface area (Å²) in [5, 5.41) is 9.13. The van der Waals surface area contributed by atoms with Gasteiger partial charge in [-0.05, 0) is 42.0 Å². The summed E-state index contributed by atoms with van der Waals surface area (Å²) in [4.78, 5) is 52.4. The lowest BCUT2D eigenvalue weighted by molar-refractivity contribution is -0.137. The predicted octanol–water partition coefficient (Wildman–Crippen LogP) is 3.55. The van der Waals surface area contributed by atoms with Gasteiger partial charge in [-0.25, -0.2) is 9.18 Å². The van der Waals surface area contributed by atoms with Gasteiger partial charge in [0.25, 0.3) is 0 Å². The van der Waals surface area contributed by atoms with Crippen LogP contribution in [0.2, 0.25) is 0 Å². The number of aromatic amines is 1. The number of carbonyl (C=O) groups is 3. The molecule has 1 aromatic heterocycles. The Balaban J connectivity index is 1.87. The Morgan fingerprint density at radius 3 is 2.25 bits per heavy atom. The number of nitrogens with one attached hydrogen (secondary N) is 1. The van der Waals surface area contributed by atoms with Crippen molar-refractivity contribution in [2.45, 2.75) is 16.2 Å². The van der Waals surface area contributed by atoms with E-state index >= 15 is 0 Å². The number of ether oxygens (including phenoxy) is 1. The highest BCUT2D eigenvalue weighted by molar-refractivity contribution is 8.00. The Morgan fingerprint density at radius 1 is 1.03 bits per heavy atom. The van der Waals surface area contributed by atoms with Crippen LogP contribution in [-0.4, -0.2) is 40.2 Å². The number of thioether (sulfide) groups is 1. The summed E-state index contributed by atoms with van der Waals surface area (Å²) in [6.07, 6.45) is 0. The Bertz CT molecular complexity index is 1250. The van der Waals surface area contributed by atoms with Crippen molar-refractivity contribution < 1.29 is 28.6 Å². The van der Waals surface area contributed by atoms with Gasteiger partial charge in [-0.2, -0.15) is 0 Å². The van der Waals surface area contributed by atoms with Gasteiger partial charge in [0.05, 0.1) is 23.6 Å². The molecule has 2 heterocycles. The van der Waals surface area contributed by atoms with E-state index in [-0.39, 0.29) is 10.4 Å². The monoisotopic (exact) mass is 473 g/mol. The largest absolute Gasteiger partial charge is 0.480 e. The van der Waals surface area contributed by atoms with Crippen molar-refractivity contribution in [1.29, 1.82) is 0 Å². The number of aromatic nitrogens is 1. The second-order valence-corrected chi connectivity index (χ2v) is 9.24. The molecule has 0 amide bonds. The van der Waals surface area contributed by atoms with Gasteiger partial charge in [0.2, 0.25) is 0 Å². The van der Waals surface area contributed by atoms with Crippen LogP contribution in [0.1, 0.15) is 37.1 Å². The second-order valence-electron chi connectivity index (χ2n) is 7.07. The smallest absolute Gasteiger partial charge is 0.337 e. The van der Waals surface area contributed by atoms with Crippen LogP contribution in [0, 0.1) is 11.7 Å². The maximum absolute atomic E-state index is 13.5. The lowest BCUT2D eigenvalue weighted by Gasteiger charge is -2.34. The van der Waals surface area contributed by atoms with Crippen LogP contribution in [0.15, 0.2) is 58.4 Å². The van der Waals surface area contributed by atoms with Crippen molar-refractivity contribution in [3.05, 3.63) is 85.6 Å². The van der Waals surface area contributed by atoms with E-state index in [4.69, 9.17) is 4.74 Å². The number of ketones is 1. The molecule has 0 saturated carbocycles. The van der Waals surface area contributed by atoms with Crippen molar-refractivity contribution in [3.8, 4) is 0 Å². The van der Waals surface area contributed by atoms with Gasteiger partial charge in [0, 0.05) is 16.4 Å². The van der Waals surface area contributed by atoms with Gasteiger partial charge in [0.15, 0.2) is 5.78 Å². The molecule has 10 heteroatoms. The molecule has 3 aromatic rings. The molecule has 0 saturated heterocycles. The average molecular weight is 474 g/mol. The molecule has 4 rings (SSSR count). The van der Waals surface area contributed by atoms with E-state index in [1.54, 1.807) is 12.1 Å². The topological polar surface area (TPSA) is 114 Å². The highest BCUT2D eigenvalue weighted by atomic mass is 32.2. The van der Waals surface area contributed by atoms with Crippen molar-refractivity contribution in [2.75, 3.05) is 7.11 Å². The molecule has 164 valence electrons. The van der Waals surface area contributed by atoms with Crippen LogP contribution in [-0.2, 0) is 9.53 Å². The third-order valence-electron chi connectivity index (χ3n) is 5.22. The molecule has 0 bridgehead atoms. The number of H-pyrrole nitrogens is 1.